The number of hydrogen-bond donors (Lipinski definition) is 2. The van der Waals surface area contributed by atoms with Crippen LogP contribution < -0.4 is 5.73 Å². The third kappa shape index (κ3) is 3.62. The minimum atomic E-state index is -0.814. The largest absolute Gasteiger partial charge is 0.398 e. The molecule has 0 aliphatic heterocycles. The Balaban J connectivity index is 1.98. The van der Waals surface area contributed by atoms with Crippen molar-refractivity contribution in [2.45, 2.75) is 50.7 Å². The van der Waals surface area contributed by atoms with E-state index in [9.17, 15) is 5.11 Å². The molecule has 1 aliphatic carbocycles. The Morgan fingerprint density at radius 3 is 2.85 bits per heavy atom. The van der Waals surface area contributed by atoms with Crippen molar-refractivity contribution < 1.29 is 9.84 Å². The van der Waals surface area contributed by atoms with Gasteiger partial charge in [-0.05, 0) is 43.2 Å². The van der Waals surface area contributed by atoms with E-state index in [1.807, 2.05) is 19.1 Å². The smallest absolute Gasteiger partial charge is 0.0911 e. The molecule has 0 heterocycles. The first-order valence-corrected chi connectivity index (χ1v) is 7.38. The standard InChI is InChI=1S/C17H25NO2/c1-3-10-17(19,4-2)12-20-11-15-14(13-8-9-13)6-5-7-16(15)18/h3,5-7,13,19H,1,4,8-12,18H2,2H3. The molecule has 3 N–H and O–H groups in total. The summed E-state index contributed by atoms with van der Waals surface area (Å²) in [6.45, 7) is 6.43. The quantitative estimate of drug-likeness (QED) is 0.565. The summed E-state index contributed by atoms with van der Waals surface area (Å²) in [4.78, 5) is 0. The summed E-state index contributed by atoms with van der Waals surface area (Å²) in [6, 6.07) is 6.06. The molecule has 3 nitrogen and oxygen atoms in total. The molecular weight excluding hydrogens is 250 g/mol. The van der Waals surface area contributed by atoms with Gasteiger partial charge in [0.1, 0.15) is 0 Å². The normalized spacial score (nSPS) is 17.7. The van der Waals surface area contributed by atoms with E-state index in [-0.39, 0.29) is 0 Å². The van der Waals surface area contributed by atoms with E-state index in [2.05, 4.69) is 12.6 Å². The molecule has 3 heteroatoms. The van der Waals surface area contributed by atoms with Gasteiger partial charge >= 0.3 is 0 Å². The van der Waals surface area contributed by atoms with E-state index in [1.165, 1.54) is 18.4 Å². The highest BCUT2D eigenvalue weighted by Gasteiger charge is 2.27. The SMILES string of the molecule is C=CCC(O)(CC)COCc1c(N)cccc1C1CC1. The van der Waals surface area contributed by atoms with Gasteiger partial charge in [-0.3, -0.25) is 0 Å². The molecular formula is C17H25NO2. The minimum Gasteiger partial charge on any atom is -0.398 e. The lowest BCUT2D eigenvalue weighted by molar-refractivity contribution is -0.0519. The lowest BCUT2D eigenvalue weighted by Gasteiger charge is -2.25. The molecule has 0 radical (unpaired) electrons. The van der Waals surface area contributed by atoms with Crippen LogP contribution in [0.4, 0.5) is 5.69 Å². The molecule has 1 fully saturated rings. The van der Waals surface area contributed by atoms with Crippen LogP contribution in [-0.4, -0.2) is 17.3 Å². The van der Waals surface area contributed by atoms with Crippen LogP contribution in [0.2, 0.25) is 0 Å². The number of nitrogen functional groups attached to an aromatic ring is 1. The Morgan fingerprint density at radius 1 is 1.50 bits per heavy atom. The van der Waals surface area contributed by atoms with E-state index in [0.717, 1.165) is 11.3 Å². The van der Waals surface area contributed by atoms with Crippen molar-refractivity contribution in [1.29, 1.82) is 0 Å². The van der Waals surface area contributed by atoms with Crippen molar-refractivity contribution in [2.24, 2.45) is 0 Å². The molecule has 110 valence electrons. The lowest BCUT2D eigenvalue weighted by Crippen LogP contribution is -2.33. The second kappa shape index (κ2) is 6.42. The maximum Gasteiger partial charge on any atom is 0.0911 e. The van der Waals surface area contributed by atoms with Gasteiger partial charge in [0.05, 0.1) is 18.8 Å². The Labute approximate surface area is 121 Å². The number of nitrogens with two attached hydrogens (primary N) is 1. The first-order chi connectivity index (χ1) is 9.59. The van der Waals surface area contributed by atoms with Crippen molar-refractivity contribution in [3.63, 3.8) is 0 Å². The molecule has 1 unspecified atom stereocenters. The van der Waals surface area contributed by atoms with E-state index < -0.39 is 5.60 Å². The van der Waals surface area contributed by atoms with Gasteiger partial charge in [-0.1, -0.05) is 25.1 Å². The molecule has 1 aromatic carbocycles. The molecule has 20 heavy (non-hydrogen) atoms. The first-order valence-electron chi connectivity index (χ1n) is 7.38. The van der Waals surface area contributed by atoms with Gasteiger partial charge in [-0.2, -0.15) is 0 Å². The Bertz CT molecular complexity index is 468. The van der Waals surface area contributed by atoms with Gasteiger partial charge in [-0.15, -0.1) is 6.58 Å². The highest BCUT2D eigenvalue weighted by molar-refractivity contribution is 5.52. The van der Waals surface area contributed by atoms with Gasteiger partial charge < -0.3 is 15.6 Å². The summed E-state index contributed by atoms with van der Waals surface area (Å²) >= 11 is 0. The fraction of sp³-hybridized carbons (Fsp3) is 0.529. The summed E-state index contributed by atoms with van der Waals surface area (Å²) in [5.74, 6) is 0.648. The van der Waals surface area contributed by atoms with Gasteiger partial charge in [0, 0.05) is 11.3 Å². The van der Waals surface area contributed by atoms with Crippen molar-refractivity contribution in [3.8, 4) is 0 Å². The maximum absolute atomic E-state index is 10.3. The van der Waals surface area contributed by atoms with E-state index in [1.54, 1.807) is 6.08 Å². The van der Waals surface area contributed by atoms with E-state index >= 15 is 0 Å². The fourth-order valence-electron chi connectivity index (χ4n) is 2.48. The van der Waals surface area contributed by atoms with Crippen LogP contribution in [-0.2, 0) is 11.3 Å². The van der Waals surface area contributed by atoms with E-state index in [4.69, 9.17) is 10.5 Å². The van der Waals surface area contributed by atoms with Crippen molar-refractivity contribution in [3.05, 3.63) is 42.0 Å². The molecule has 0 aromatic heterocycles. The number of aliphatic hydroxyl groups is 1. The van der Waals surface area contributed by atoms with E-state index in [0.29, 0.717) is 32.0 Å². The molecule has 0 amide bonds. The van der Waals surface area contributed by atoms with Crippen molar-refractivity contribution in [2.75, 3.05) is 12.3 Å². The molecule has 2 rings (SSSR count). The molecule has 1 aromatic rings. The molecule has 0 bridgehead atoms. The third-order valence-electron chi connectivity index (χ3n) is 4.07. The van der Waals surface area contributed by atoms with Crippen LogP contribution in [0.3, 0.4) is 0 Å². The van der Waals surface area contributed by atoms with Crippen LogP contribution in [0.25, 0.3) is 0 Å². The van der Waals surface area contributed by atoms with Crippen LogP contribution in [0.1, 0.15) is 49.7 Å². The average molecular weight is 275 g/mol. The van der Waals surface area contributed by atoms with Crippen molar-refractivity contribution >= 4 is 5.69 Å². The molecule has 1 atom stereocenters. The summed E-state index contributed by atoms with van der Waals surface area (Å²) < 4.78 is 5.75. The lowest BCUT2D eigenvalue weighted by atomic mass is 9.97. The Morgan fingerprint density at radius 2 is 2.25 bits per heavy atom. The highest BCUT2D eigenvalue weighted by Crippen LogP contribution is 2.43. The summed E-state index contributed by atoms with van der Waals surface area (Å²) in [6.07, 6.45) is 5.42. The summed E-state index contributed by atoms with van der Waals surface area (Å²) in [7, 11) is 0. The molecule has 1 saturated carbocycles. The zero-order chi connectivity index (χ0) is 14.6. The summed E-state index contributed by atoms with van der Waals surface area (Å²) in [5, 5.41) is 10.3. The predicted octanol–water partition coefficient (Wildman–Crippen LogP) is 3.38. The number of hydrogen-bond acceptors (Lipinski definition) is 3. The van der Waals surface area contributed by atoms with Crippen LogP contribution >= 0.6 is 0 Å². The fourth-order valence-corrected chi connectivity index (χ4v) is 2.48. The predicted molar refractivity (Wildman–Crippen MR) is 82.5 cm³/mol. The Kier molecular flexibility index (Phi) is 4.84. The van der Waals surface area contributed by atoms with Gasteiger partial charge in [0.2, 0.25) is 0 Å². The summed E-state index contributed by atoms with van der Waals surface area (Å²) in [5.41, 5.74) is 8.45. The number of rotatable bonds is 8. The van der Waals surface area contributed by atoms with Gasteiger partial charge in [0.15, 0.2) is 0 Å². The Hall–Kier alpha value is -1.32. The minimum absolute atomic E-state index is 0.313. The monoisotopic (exact) mass is 275 g/mol. The molecule has 0 saturated heterocycles. The van der Waals surface area contributed by atoms with Crippen molar-refractivity contribution in [1.82, 2.24) is 0 Å². The number of anilines is 1. The maximum atomic E-state index is 10.3. The van der Waals surface area contributed by atoms with Gasteiger partial charge in [-0.25, -0.2) is 0 Å². The van der Waals surface area contributed by atoms with Gasteiger partial charge in [0.25, 0.3) is 0 Å². The van der Waals surface area contributed by atoms with Crippen LogP contribution in [0.5, 0.6) is 0 Å². The highest BCUT2D eigenvalue weighted by atomic mass is 16.5. The van der Waals surface area contributed by atoms with Crippen LogP contribution in [0.15, 0.2) is 30.9 Å². The second-order valence-electron chi connectivity index (χ2n) is 5.75. The number of benzene rings is 1. The number of ether oxygens (including phenoxy) is 1. The third-order valence-corrected chi connectivity index (χ3v) is 4.07. The topological polar surface area (TPSA) is 55.5 Å². The zero-order valence-corrected chi connectivity index (χ0v) is 12.3. The zero-order valence-electron chi connectivity index (χ0n) is 12.3. The molecule has 1 aliphatic rings. The molecule has 0 spiro atoms. The average Bonchev–Trinajstić information content (AvgIpc) is 3.25. The second-order valence-corrected chi connectivity index (χ2v) is 5.75. The van der Waals surface area contributed by atoms with Crippen LogP contribution in [0, 0.1) is 0 Å². The first kappa shape index (κ1) is 15.1.